The standard InChI is InChI=1S/C8H15FN2OSi/c1-8(12,13(2,3)4)6-5-10-11-7(6)9/h5,12H,1-4H3,(H,10,11). The lowest BCUT2D eigenvalue weighted by atomic mass is 10.2. The Morgan fingerprint density at radius 3 is 2.38 bits per heavy atom. The van der Waals surface area contributed by atoms with Gasteiger partial charge in [0.2, 0.25) is 5.95 Å². The number of nitrogens with one attached hydrogen (secondary N) is 1. The van der Waals surface area contributed by atoms with E-state index in [9.17, 15) is 9.50 Å². The molecule has 2 N–H and O–H groups in total. The van der Waals surface area contributed by atoms with Crippen LogP contribution in [0.5, 0.6) is 0 Å². The summed E-state index contributed by atoms with van der Waals surface area (Å²) in [5.41, 5.74) is 0.270. The fourth-order valence-corrected chi connectivity index (χ4v) is 2.00. The van der Waals surface area contributed by atoms with E-state index in [1.54, 1.807) is 6.92 Å². The van der Waals surface area contributed by atoms with Crippen molar-refractivity contribution in [2.75, 3.05) is 0 Å². The Balaban J connectivity index is 3.15. The first-order valence-electron chi connectivity index (χ1n) is 4.18. The van der Waals surface area contributed by atoms with Crippen LogP contribution in [0.2, 0.25) is 19.6 Å². The number of aromatic amines is 1. The van der Waals surface area contributed by atoms with Gasteiger partial charge in [-0.3, -0.25) is 5.10 Å². The second-order valence-electron chi connectivity index (χ2n) is 4.42. The molecule has 1 rings (SSSR count). The third kappa shape index (κ3) is 1.66. The number of hydrogen-bond acceptors (Lipinski definition) is 2. The molecule has 3 nitrogen and oxygen atoms in total. The van der Waals surface area contributed by atoms with Gasteiger partial charge in [0.1, 0.15) is 0 Å². The van der Waals surface area contributed by atoms with Gasteiger partial charge in [0.25, 0.3) is 0 Å². The summed E-state index contributed by atoms with van der Waals surface area (Å²) in [5.74, 6) is -0.535. The summed E-state index contributed by atoms with van der Waals surface area (Å²) in [6.07, 6.45) is 1.35. The van der Waals surface area contributed by atoms with Gasteiger partial charge in [0.15, 0.2) is 0 Å². The zero-order valence-corrected chi connectivity index (χ0v) is 9.35. The predicted octanol–water partition coefficient (Wildman–Crippen LogP) is 1.63. The van der Waals surface area contributed by atoms with Crippen molar-refractivity contribution in [3.05, 3.63) is 17.7 Å². The molecule has 0 aliphatic carbocycles. The van der Waals surface area contributed by atoms with Crippen molar-refractivity contribution < 1.29 is 9.50 Å². The minimum absolute atomic E-state index is 0.270. The zero-order valence-electron chi connectivity index (χ0n) is 8.35. The summed E-state index contributed by atoms with van der Waals surface area (Å²) in [6, 6.07) is 0. The molecule has 74 valence electrons. The van der Waals surface area contributed by atoms with Crippen molar-refractivity contribution in [1.29, 1.82) is 0 Å². The number of aromatic nitrogens is 2. The molecule has 1 aromatic heterocycles. The highest BCUT2D eigenvalue weighted by Crippen LogP contribution is 2.31. The maximum atomic E-state index is 13.1. The average Bonchev–Trinajstić information content (AvgIpc) is 2.32. The van der Waals surface area contributed by atoms with Gasteiger partial charge >= 0.3 is 0 Å². The number of H-pyrrole nitrogens is 1. The predicted molar refractivity (Wildman–Crippen MR) is 51.5 cm³/mol. The van der Waals surface area contributed by atoms with E-state index in [1.165, 1.54) is 6.20 Å². The van der Waals surface area contributed by atoms with Crippen molar-refractivity contribution in [2.24, 2.45) is 0 Å². The fraction of sp³-hybridized carbons (Fsp3) is 0.625. The molecule has 0 bridgehead atoms. The Morgan fingerprint density at radius 1 is 1.54 bits per heavy atom. The highest BCUT2D eigenvalue weighted by molar-refractivity contribution is 6.78. The van der Waals surface area contributed by atoms with Crippen LogP contribution in [-0.4, -0.2) is 23.4 Å². The Kier molecular flexibility index (Phi) is 2.33. The molecule has 0 spiro atoms. The highest BCUT2D eigenvalue weighted by atomic mass is 28.3. The molecule has 0 saturated carbocycles. The molecule has 1 unspecified atom stereocenters. The van der Waals surface area contributed by atoms with Gasteiger partial charge in [-0.1, -0.05) is 19.6 Å². The Labute approximate surface area is 78.0 Å². The van der Waals surface area contributed by atoms with Crippen molar-refractivity contribution in [1.82, 2.24) is 10.2 Å². The van der Waals surface area contributed by atoms with Crippen LogP contribution in [0.15, 0.2) is 6.20 Å². The monoisotopic (exact) mass is 202 g/mol. The van der Waals surface area contributed by atoms with Crippen LogP contribution in [0.3, 0.4) is 0 Å². The quantitative estimate of drug-likeness (QED) is 0.716. The molecule has 1 heterocycles. The average molecular weight is 202 g/mol. The molecule has 5 heteroatoms. The van der Waals surface area contributed by atoms with Crippen molar-refractivity contribution in [2.45, 2.75) is 31.8 Å². The second kappa shape index (κ2) is 2.92. The lowest BCUT2D eigenvalue weighted by Crippen LogP contribution is -2.47. The molecule has 0 amide bonds. The van der Waals surface area contributed by atoms with E-state index in [0.717, 1.165) is 0 Å². The lowest BCUT2D eigenvalue weighted by Gasteiger charge is -2.34. The van der Waals surface area contributed by atoms with Gasteiger partial charge in [-0.2, -0.15) is 9.49 Å². The summed E-state index contributed by atoms with van der Waals surface area (Å²) in [4.78, 5) is 0. The van der Waals surface area contributed by atoms with Crippen LogP contribution in [0, 0.1) is 5.95 Å². The Morgan fingerprint density at radius 2 is 2.08 bits per heavy atom. The topological polar surface area (TPSA) is 48.9 Å². The van der Waals surface area contributed by atoms with Crippen LogP contribution < -0.4 is 0 Å². The van der Waals surface area contributed by atoms with Gasteiger partial charge < -0.3 is 5.11 Å². The van der Waals surface area contributed by atoms with Crippen LogP contribution in [0.25, 0.3) is 0 Å². The van der Waals surface area contributed by atoms with Gasteiger partial charge in [-0.05, 0) is 6.92 Å². The fourth-order valence-electron chi connectivity index (χ4n) is 1.01. The number of aliphatic hydroxyl groups is 1. The molecule has 0 radical (unpaired) electrons. The summed E-state index contributed by atoms with van der Waals surface area (Å²) in [6.45, 7) is 7.60. The van der Waals surface area contributed by atoms with E-state index in [-0.39, 0.29) is 5.56 Å². The molecule has 0 fully saturated rings. The maximum absolute atomic E-state index is 13.1. The van der Waals surface area contributed by atoms with E-state index >= 15 is 0 Å². The summed E-state index contributed by atoms with van der Waals surface area (Å²) >= 11 is 0. The first-order valence-corrected chi connectivity index (χ1v) is 7.68. The SMILES string of the molecule is CC(O)(c1cn[nH]c1F)[Si](C)(C)C. The van der Waals surface area contributed by atoms with Crippen LogP contribution in [0.1, 0.15) is 12.5 Å². The third-order valence-electron chi connectivity index (χ3n) is 2.58. The van der Waals surface area contributed by atoms with Crippen molar-refractivity contribution >= 4 is 8.07 Å². The normalized spacial score (nSPS) is 17.1. The maximum Gasteiger partial charge on any atom is 0.214 e. The van der Waals surface area contributed by atoms with E-state index < -0.39 is 19.2 Å². The smallest absolute Gasteiger partial charge is 0.214 e. The first kappa shape index (κ1) is 10.4. The van der Waals surface area contributed by atoms with Crippen LogP contribution in [0.4, 0.5) is 4.39 Å². The molecular formula is C8H15FN2OSi. The molecule has 1 aromatic rings. The molecule has 0 aromatic carbocycles. The van der Waals surface area contributed by atoms with E-state index in [2.05, 4.69) is 10.2 Å². The first-order chi connectivity index (χ1) is 5.77. The van der Waals surface area contributed by atoms with Crippen molar-refractivity contribution in [3.8, 4) is 0 Å². The van der Waals surface area contributed by atoms with Gasteiger partial charge in [0, 0.05) is 0 Å². The van der Waals surface area contributed by atoms with Crippen LogP contribution >= 0.6 is 0 Å². The molecule has 13 heavy (non-hydrogen) atoms. The highest BCUT2D eigenvalue weighted by Gasteiger charge is 2.41. The number of rotatable bonds is 2. The van der Waals surface area contributed by atoms with Gasteiger partial charge in [0.05, 0.1) is 25.1 Å². The molecular weight excluding hydrogens is 187 g/mol. The van der Waals surface area contributed by atoms with Gasteiger partial charge in [-0.25, -0.2) is 0 Å². The van der Waals surface area contributed by atoms with E-state index in [1.807, 2.05) is 19.6 Å². The molecule has 0 saturated heterocycles. The number of nitrogens with zero attached hydrogens (tertiary/aromatic N) is 1. The number of hydrogen-bond donors (Lipinski definition) is 2. The zero-order chi connectivity index (χ0) is 10.3. The lowest BCUT2D eigenvalue weighted by molar-refractivity contribution is 0.131. The van der Waals surface area contributed by atoms with Crippen molar-refractivity contribution in [3.63, 3.8) is 0 Å². The van der Waals surface area contributed by atoms with Crippen LogP contribution in [-0.2, 0) is 5.22 Å². The molecule has 1 atom stereocenters. The molecule has 0 aliphatic heterocycles. The van der Waals surface area contributed by atoms with E-state index in [0.29, 0.717) is 0 Å². The minimum Gasteiger partial charge on any atom is -0.389 e. The second-order valence-corrected chi connectivity index (χ2v) is 9.89. The van der Waals surface area contributed by atoms with Gasteiger partial charge in [-0.15, -0.1) is 0 Å². The molecule has 0 aliphatic rings. The third-order valence-corrected chi connectivity index (χ3v) is 5.77. The summed E-state index contributed by atoms with van der Waals surface area (Å²) in [5, 5.41) is 14.8. The largest absolute Gasteiger partial charge is 0.389 e. The Hall–Kier alpha value is -0.683. The van der Waals surface area contributed by atoms with E-state index in [4.69, 9.17) is 0 Å². The number of halogens is 1. The minimum atomic E-state index is -1.87. The Bertz CT molecular complexity index is 303. The summed E-state index contributed by atoms with van der Waals surface area (Å²) < 4.78 is 13.1. The summed E-state index contributed by atoms with van der Waals surface area (Å²) in [7, 11) is -1.87.